The molecule has 1 aromatic heterocycles. The largest absolute Gasteiger partial charge is 0.481 e. The van der Waals surface area contributed by atoms with Gasteiger partial charge in [0.25, 0.3) is 0 Å². The van der Waals surface area contributed by atoms with E-state index in [-0.39, 0.29) is 24.1 Å². The van der Waals surface area contributed by atoms with Crippen molar-refractivity contribution in [2.24, 2.45) is 0 Å². The Hall–Kier alpha value is -1.69. The third kappa shape index (κ3) is 3.13. The van der Waals surface area contributed by atoms with Crippen LogP contribution in [0.5, 0.6) is 0 Å². The molecular formula is C11H15N3O3. The minimum absolute atomic E-state index is 0.00169. The van der Waals surface area contributed by atoms with Gasteiger partial charge in [0.2, 0.25) is 0 Å². The quantitative estimate of drug-likeness (QED) is 0.692. The summed E-state index contributed by atoms with van der Waals surface area (Å²) in [5.74, 6) is -0.521. The molecule has 92 valence electrons. The summed E-state index contributed by atoms with van der Waals surface area (Å²) in [5.41, 5.74) is 0.617. The van der Waals surface area contributed by atoms with E-state index in [1.54, 1.807) is 12.4 Å². The Balaban J connectivity index is 2.04. The molecule has 1 fully saturated rings. The van der Waals surface area contributed by atoms with Crippen molar-refractivity contribution in [3.05, 3.63) is 28.4 Å². The second-order valence-electron chi connectivity index (χ2n) is 4.32. The normalized spacial score (nSPS) is 24.5. The van der Waals surface area contributed by atoms with Gasteiger partial charge in [-0.1, -0.05) is 0 Å². The second-order valence-corrected chi connectivity index (χ2v) is 4.32. The zero-order valence-corrected chi connectivity index (χ0v) is 9.35. The van der Waals surface area contributed by atoms with Gasteiger partial charge in [-0.05, 0) is 30.9 Å². The van der Waals surface area contributed by atoms with Crippen molar-refractivity contribution in [2.45, 2.75) is 31.2 Å². The molecule has 1 saturated heterocycles. The highest BCUT2D eigenvalue weighted by atomic mass is 16.4. The predicted octanol–water partition coefficient (Wildman–Crippen LogP) is 0.0802. The molecule has 0 aromatic carbocycles. The van der Waals surface area contributed by atoms with Gasteiger partial charge in [-0.2, -0.15) is 0 Å². The lowest BCUT2D eigenvalue weighted by Crippen LogP contribution is -2.38. The number of H-pyrrole nitrogens is 1. The molecule has 1 aromatic rings. The maximum Gasteiger partial charge on any atom is 0.344 e. The fourth-order valence-electron chi connectivity index (χ4n) is 2.25. The molecule has 2 rings (SSSR count). The number of aromatic amines is 1. The zero-order chi connectivity index (χ0) is 12.3. The summed E-state index contributed by atoms with van der Waals surface area (Å²) < 4.78 is 0. The van der Waals surface area contributed by atoms with Gasteiger partial charge in [0, 0.05) is 18.4 Å². The van der Waals surface area contributed by atoms with Crippen LogP contribution in [0, 0.1) is 0 Å². The Kier molecular flexibility index (Phi) is 3.53. The molecule has 0 saturated carbocycles. The van der Waals surface area contributed by atoms with Crippen LogP contribution in [0.25, 0.3) is 0 Å². The van der Waals surface area contributed by atoms with Crippen molar-refractivity contribution < 1.29 is 9.90 Å². The number of hydrogen-bond donors (Lipinski definition) is 3. The Morgan fingerprint density at radius 2 is 2.41 bits per heavy atom. The zero-order valence-electron chi connectivity index (χ0n) is 9.35. The maximum absolute atomic E-state index is 10.9. The van der Waals surface area contributed by atoms with E-state index in [2.05, 4.69) is 15.3 Å². The van der Waals surface area contributed by atoms with E-state index >= 15 is 0 Å². The average molecular weight is 237 g/mol. The van der Waals surface area contributed by atoms with Crippen LogP contribution >= 0.6 is 0 Å². The molecule has 0 radical (unpaired) electrons. The van der Waals surface area contributed by atoms with Gasteiger partial charge >= 0.3 is 11.7 Å². The predicted molar refractivity (Wildman–Crippen MR) is 60.9 cm³/mol. The fraction of sp³-hybridized carbons (Fsp3) is 0.545. The highest BCUT2D eigenvalue weighted by Gasteiger charge is 2.24. The van der Waals surface area contributed by atoms with E-state index in [9.17, 15) is 9.59 Å². The van der Waals surface area contributed by atoms with E-state index < -0.39 is 5.97 Å². The molecule has 3 N–H and O–H groups in total. The maximum atomic E-state index is 10.9. The van der Waals surface area contributed by atoms with Gasteiger partial charge in [-0.3, -0.25) is 4.79 Å². The molecule has 0 amide bonds. The van der Waals surface area contributed by atoms with Crippen molar-refractivity contribution in [1.82, 2.24) is 15.3 Å². The molecule has 6 heteroatoms. The summed E-state index contributed by atoms with van der Waals surface area (Å²) in [4.78, 5) is 27.8. The van der Waals surface area contributed by atoms with Crippen LogP contribution in [0.2, 0.25) is 0 Å². The number of nitrogens with zero attached hydrogens (tertiary/aromatic N) is 1. The van der Waals surface area contributed by atoms with Gasteiger partial charge in [0.05, 0.1) is 6.42 Å². The second kappa shape index (κ2) is 5.09. The van der Waals surface area contributed by atoms with Gasteiger partial charge in [0.15, 0.2) is 0 Å². The summed E-state index contributed by atoms with van der Waals surface area (Å²) in [7, 11) is 0. The minimum Gasteiger partial charge on any atom is -0.481 e. The molecule has 2 unspecified atom stereocenters. The topological polar surface area (TPSA) is 95.1 Å². The van der Waals surface area contributed by atoms with Crippen molar-refractivity contribution in [3.63, 3.8) is 0 Å². The standard InChI is InChI=1S/C11H15N3O3/c15-10(16)4-9-3-7(1-2-12-9)8-5-13-11(17)14-6-8/h5-7,9,12H,1-4H2,(H,15,16)(H,13,14,17). The third-order valence-electron chi connectivity index (χ3n) is 3.08. The van der Waals surface area contributed by atoms with Crippen LogP contribution in [0.1, 0.15) is 30.7 Å². The number of nitrogens with one attached hydrogen (secondary N) is 2. The average Bonchev–Trinajstić information content (AvgIpc) is 2.29. The molecule has 2 heterocycles. The molecular weight excluding hydrogens is 222 g/mol. The van der Waals surface area contributed by atoms with E-state index in [1.165, 1.54) is 0 Å². The molecule has 1 aliphatic heterocycles. The number of aromatic nitrogens is 2. The Labute approximate surface area is 98.1 Å². The molecule has 17 heavy (non-hydrogen) atoms. The van der Waals surface area contributed by atoms with E-state index in [0.29, 0.717) is 0 Å². The summed E-state index contributed by atoms with van der Waals surface area (Å²) >= 11 is 0. The molecule has 6 nitrogen and oxygen atoms in total. The number of piperidine rings is 1. The first-order valence-electron chi connectivity index (χ1n) is 5.65. The van der Waals surface area contributed by atoms with Crippen LogP contribution in [0.3, 0.4) is 0 Å². The SMILES string of the molecule is O=C(O)CC1CC(c2cnc(=O)[nH]c2)CCN1. The number of aliphatic carboxylic acids is 1. The number of rotatable bonds is 3. The van der Waals surface area contributed by atoms with Gasteiger partial charge < -0.3 is 15.4 Å². The van der Waals surface area contributed by atoms with Crippen LogP contribution in [-0.4, -0.2) is 33.6 Å². The van der Waals surface area contributed by atoms with Crippen LogP contribution in [-0.2, 0) is 4.79 Å². The van der Waals surface area contributed by atoms with Crippen LogP contribution in [0.4, 0.5) is 0 Å². The summed E-state index contributed by atoms with van der Waals surface area (Å²) in [6.45, 7) is 0.793. The number of carboxylic acid groups (broad SMARTS) is 1. The minimum atomic E-state index is -0.789. The lowest BCUT2D eigenvalue weighted by Gasteiger charge is -2.29. The third-order valence-corrected chi connectivity index (χ3v) is 3.08. The first-order chi connectivity index (χ1) is 8.15. The Bertz CT molecular complexity index is 437. The monoisotopic (exact) mass is 237 g/mol. The van der Waals surface area contributed by atoms with Crippen molar-refractivity contribution in [3.8, 4) is 0 Å². The summed E-state index contributed by atoms with van der Waals surface area (Å²) in [5, 5.41) is 11.9. The first kappa shape index (κ1) is 11.8. The smallest absolute Gasteiger partial charge is 0.344 e. The van der Waals surface area contributed by atoms with Crippen molar-refractivity contribution in [1.29, 1.82) is 0 Å². The number of hydrogen-bond acceptors (Lipinski definition) is 4. The highest BCUT2D eigenvalue weighted by Crippen LogP contribution is 2.27. The van der Waals surface area contributed by atoms with Crippen LogP contribution in [0.15, 0.2) is 17.2 Å². The fourth-order valence-corrected chi connectivity index (χ4v) is 2.25. The lowest BCUT2D eigenvalue weighted by atomic mass is 9.87. The van der Waals surface area contributed by atoms with Gasteiger partial charge in [-0.25, -0.2) is 9.78 Å². The molecule has 0 bridgehead atoms. The van der Waals surface area contributed by atoms with Gasteiger partial charge in [-0.15, -0.1) is 0 Å². The molecule has 2 atom stereocenters. The number of carboxylic acids is 1. The van der Waals surface area contributed by atoms with E-state index in [4.69, 9.17) is 5.11 Å². The van der Waals surface area contributed by atoms with Crippen LogP contribution < -0.4 is 11.0 Å². The van der Waals surface area contributed by atoms with E-state index in [1.807, 2.05) is 0 Å². The Morgan fingerprint density at radius 3 is 3.06 bits per heavy atom. The molecule has 0 aliphatic carbocycles. The first-order valence-corrected chi connectivity index (χ1v) is 5.65. The van der Waals surface area contributed by atoms with E-state index in [0.717, 1.165) is 24.9 Å². The van der Waals surface area contributed by atoms with Crippen molar-refractivity contribution in [2.75, 3.05) is 6.54 Å². The highest BCUT2D eigenvalue weighted by molar-refractivity contribution is 5.67. The number of carbonyl (C=O) groups is 1. The summed E-state index contributed by atoms with van der Waals surface area (Å²) in [6.07, 6.45) is 5.08. The van der Waals surface area contributed by atoms with Gasteiger partial charge in [0.1, 0.15) is 0 Å². The van der Waals surface area contributed by atoms with Crippen molar-refractivity contribution >= 4 is 5.97 Å². The molecule has 0 spiro atoms. The Morgan fingerprint density at radius 1 is 1.59 bits per heavy atom. The molecule has 1 aliphatic rings. The summed E-state index contributed by atoms with van der Waals surface area (Å²) in [6, 6.07) is -0.00169. The lowest BCUT2D eigenvalue weighted by molar-refractivity contribution is -0.137.